The third-order valence-corrected chi connectivity index (χ3v) is 3.64. The van der Waals surface area contributed by atoms with Gasteiger partial charge in [0.15, 0.2) is 0 Å². The highest BCUT2D eigenvalue weighted by atomic mass is 35.5. The summed E-state index contributed by atoms with van der Waals surface area (Å²) in [6.07, 6.45) is 3.38. The van der Waals surface area contributed by atoms with Crippen molar-refractivity contribution >= 4 is 18.2 Å². The predicted molar refractivity (Wildman–Crippen MR) is 91.1 cm³/mol. The van der Waals surface area contributed by atoms with Crippen molar-refractivity contribution in [1.82, 2.24) is 0 Å². The van der Waals surface area contributed by atoms with Crippen molar-refractivity contribution in [3.05, 3.63) is 71.8 Å². The van der Waals surface area contributed by atoms with E-state index >= 15 is 0 Å². The fourth-order valence-electron chi connectivity index (χ4n) is 2.50. The first-order chi connectivity index (χ1) is 9.81. The average molecular weight is 303 g/mol. The predicted octanol–water partition coefficient (Wildman–Crippen LogP) is 5.39. The molecular weight excluding hydrogens is 280 g/mol. The summed E-state index contributed by atoms with van der Waals surface area (Å²) in [5.74, 6) is 0.548. The van der Waals surface area contributed by atoms with Crippen LogP contribution in [0.25, 0.3) is 0 Å². The number of rotatable bonds is 7. The number of unbranched alkanes of at least 4 members (excludes halogenated alkanes) is 1. The number of carbonyl (C=O) groups is 1. The van der Waals surface area contributed by atoms with E-state index in [0.29, 0.717) is 18.6 Å². The topological polar surface area (TPSA) is 17.1 Å². The van der Waals surface area contributed by atoms with Crippen molar-refractivity contribution in [2.75, 3.05) is 0 Å². The molecule has 0 spiro atoms. The van der Waals surface area contributed by atoms with E-state index < -0.39 is 0 Å². The number of hydrogen-bond donors (Lipinski definition) is 0. The second kappa shape index (κ2) is 9.36. The van der Waals surface area contributed by atoms with Gasteiger partial charge in [-0.2, -0.15) is 0 Å². The maximum atomic E-state index is 12.2. The van der Waals surface area contributed by atoms with Gasteiger partial charge in [0.2, 0.25) is 0 Å². The Balaban J connectivity index is 0.00000220. The van der Waals surface area contributed by atoms with E-state index in [9.17, 15) is 4.79 Å². The summed E-state index contributed by atoms with van der Waals surface area (Å²) in [5, 5.41) is 0. The summed E-state index contributed by atoms with van der Waals surface area (Å²) in [6.45, 7) is 2.12. The van der Waals surface area contributed by atoms with Crippen LogP contribution in [0.15, 0.2) is 60.7 Å². The highest BCUT2D eigenvalue weighted by Gasteiger charge is 2.17. The first-order valence-corrected chi connectivity index (χ1v) is 7.43. The molecule has 0 aliphatic heterocycles. The summed E-state index contributed by atoms with van der Waals surface area (Å²) in [6, 6.07) is 20.7. The molecule has 0 fully saturated rings. The first kappa shape index (κ1) is 17.5. The monoisotopic (exact) mass is 302 g/mol. The van der Waals surface area contributed by atoms with Crippen LogP contribution in [-0.2, 0) is 4.79 Å². The molecule has 2 heteroatoms. The van der Waals surface area contributed by atoms with Gasteiger partial charge in [-0.05, 0) is 17.5 Å². The van der Waals surface area contributed by atoms with Crippen LogP contribution in [0.4, 0.5) is 0 Å². The first-order valence-electron chi connectivity index (χ1n) is 7.43. The van der Waals surface area contributed by atoms with Crippen LogP contribution in [-0.4, -0.2) is 5.78 Å². The minimum absolute atomic E-state index is 0. The highest BCUT2D eigenvalue weighted by Crippen LogP contribution is 2.28. The minimum Gasteiger partial charge on any atom is -0.300 e. The lowest BCUT2D eigenvalue weighted by Gasteiger charge is -2.17. The van der Waals surface area contributed by atoms with E-state index in [0.717, 1.165) is 12.8 Å². The fourth-order valence-corrected chi connectivity index (χ4v) is 2.50. The number of carbonyl (C=O) groups excluding carboxylic acids is 1. The molecule has 0 aliphatic carbocycles. The molecule has 21 heavy (non-hydrogen) atoms. The number of benzene rings is 2. The van der Waals surface area contributed by atoms with E-state index in [1.54, 1.807) is 0 Å². The fraction of sp³-hybridized carbons (Fsp3) is 0.316. The second-order valence-corrected chi connectivity index (χ2v) is 5.22. The Bertz CT molecular complexity index is 482. The zero-order valence-electron chi connectivity index (χ0n) is 12.5. The van der Waals surface area contributed by atoms with E-state index in [4.69, 9.17) is 0 Å². The molecule has 1 nitrogen and oxygen atoms in total. The molecule has 0 saturated carbocycles. The molecule has 0 unspecified atom stereocenters. The van der Waals surface area contributed by atoms with E-state index in [-0.39, 0.29) is 18.3 Å². The maximum absolute atomic E-state index is 12.2. The molecule has 0 radical (unpaired) electrons. The second-order valence-electron chi connectivity index (χ2n) is 5.22. The standard InChI is InChI=1S/C19H22O.ClH/c1-2-3-14-18(20)15-19(16-10-6-4-7-11-16)17-12-8-5-9-13-17;/h4-13,19H,2-3,14-15H2,1H3;1H. The molecule has 2 rings (SSSR count). The molecule has 2 aromatic carbocycles. The van der Waals surface area contributed by atoms with Crippen LogP contribution >= 0.6 is 12.4 Å². The lowest BCUT2D eigenvalue weighted by atomic mass is 9.86. The number of Topliss-reactive ketones (excluding diaryl/α,β-unsaturated/α-hetero) is 1. The van der Waals surface area contributed by atoms with Gasteiger partial charge >= 0.3 is 0 Å². The van der Waals surface area contributed by atoms with E-state index in [1.165, 1.54) is 11.1 Å². The van der Waals surface area contributed by atoms with E-state index in [1.807, 2.05) is 36.4 Å². The summed E-state index contributed by atoms with van der Waals surface area (Å²) < 4.78 is 0. The van der Waals surface area contributed by atoms with Gasteiger partial charge in [0.1, 0.15) is 5.78 Å². The van der Waals surface area contributed by atoms with E-state index in [2.05, 4.69) is 31.2 Å². The van der Waals surface area contributed by atoms with Gasteiger partial charge in [0, 0.05) is 18.8 Å². The molecule has 0 N–H and O–H groups in total. The quantitative estimate of drug-likeness (QED) is 0.670. The van der Waals surface area contributed by atoms with Gasteiger partial charge < -0.3 is 0 Å². The molecule has 112 valence electrons. The van der Waals surface area contributed by atoms with Crippen LogP contribution < -0.4 is 0 Å². The molecule has 0 heterocycles. The van der Waals surface area contributed by atoms with Crippen molar-refractivity contribution < 1.29 is 4.79 Å². The van der Waals surface area contributed by atoms with Crippen molar-refractivity contribution in [2.24, 2.45) is 0 Å². The van der Waals surface area contributed by atoms with Crippen LogP contribution in [0.1, 0.15) is 49.7 Å². The summed E-state index contributed by atoms with van der Waals surface area (Å²) in [7, 11) is 0. The molecule has 0 aromatic heterocycles. The number of halogens is 1. The summed E-state index contributed by atoms with van der Waals surface area (Å²) in [5.41, 5.74) is 2.45. The van der Waals surface area contributed by atoms with Gasteiger partial charge in [0.25, 0.3) is 0 Å². The Kier molecular flexibility index (Phi) is 7.78. The largest absolute Gasteiger partial charge is 0.300 e. The van der Waals surface area contributed by atoms with Gasteiger partial charge in [-0.25, -0.2) is 0 Å². The zero-order valence-corrected chi connectivity index (χ0v) is 13.3. The summed E-state index contributed by atoms with van der Waals surface area (Å²) >= 11 is 0. The van der Waals surface area contributed by atoms with Crippen LogP contribution in [0.3, 0.4) is 0 Å². The Morgan fingerprint density at radius 1 is 0.905 bits per heavy atom. The molecule has 0 saturated heterocycles. The Hall–Kier alpha value is -1.60. The van der Waals surface area contributed by atoms with Crippen molar-refractivity contribution in [3.63, 3.8) is 0 Å². The Labute approximate surface area is 133 Å². The molecular formula is C19H23ClO. The normalized spacial score (nSPS) is 10.2. The Morgan fingerprint density at radius 2 is 1.38 bits per heavy atom. The van der Waals surface area contributed by atoms with Crippen LogP contribution in [0, 0.1) is 0 Å². The molecule has 0 aliphatic rings. The van der Waals surface area contributed by atoms with Crippen molar-refractivity contribution in [3.8, 4) is 0 Å². The lowest BCUT2D eigenvalue weighted by molar-refractivity contribution is -0.119. The zero-order chi connectivity index (χ0) is 14.2. The Morgan fingerprint density at radius 3 is 1.81 bits per heavy atom. The smallest absolute Gasteiger partial charge is 0.133 e. The minimum atomic E-state index is 0. The third kappa shape index (κ3) is 5.35. The third-order valence-electron chi connectivity index (χ3n) is 3.64. The lowest BCUT2D eigenvalue weighted by Crippen LogP contribution is -2.08. The molecule has 0 bridgehead atoms. The SMILES string of the molecule is CCCCC(=O)CC(c1ccccc1)c1ccccc1.Cl. The number of hydrogen-bond acceptors (Lipinski definition) is 1. The average Bonchev–Trinajstić information content (AvgIpc) is 2.52. The highest BCUT2D eigenvalue weighted by molar-refractivity contribution is 5.85. The maximum Gasteiger partial charge on any atom is 0.133 e. The van der Waals surface area contributed by atoms with Gasteiger partial charge in [-0.1, -0.05) is 74.0 Å². The van der Waals surface area contributed by atoms with Crippen molar-refractivity contribution in [2.45, 2.75) is 38.5 Å². The van der Waals surface area contributed by atoms with Gasteiger partial charge in [-0.15, -0.1) is 12.4 Å². The summed E-state index contributed by atoms with van der Waals surface area (Å²) in [4.78, 5) is 12.2. The van der Waals surface area contributed by atoms with Crippen molar-refractivity contribution in [1.29, 1.82) is 0 Å². The van der Waals surface area contributed by atoms with Gasteiger partial charge in [0.05, 0.1) is 0 Å². The van der Waals surface area contributed by atoms with Crippen LogP contribution in [0.5, 0.6) is 0 Å². The van der Waals surface area contributed by atoms with Crippen LogP contribution in [0.2, 0.25) is 0 Å². The molecule has 0 amide bonds. The van der Waals surface area contributed by atoms with Gasteiger partial charge in [-0.3, -0.25) is 4.79 Å². The molecule has 0 atom stereocenters. The number of ketones is 1. The molecule has 2 aromatic rings.